The van der Waals surface area contributed by atoms with Crippen LogP contribution in [0.1, 0.15) is 0 Å². The largest absolute Gasteiger partial charge is 0.504 e. The number of nitrogens with one attached hydrogen (secondary N) is 1. The number of benzene rings is 1. The molecule has 0 aliphatic heterocycles. The Morgan fingerprint density at radius 3 is 2.53 bits per heavy atom. The first-order valence-corrected chi connectivity index (χ1v) is 4.52. The van der Waals surface area contributed by atoms with Gasteiger partial charge in [0.05, 0.1) is 0 Å². The average molecular weight is 201 g/mol. The van der Waals surface area contributed by atoms with E-state index in [2.05, 4.69) is 10.3 Å². The maximum absolute atomic E-state index is 9.48. The van der Waals surface area contributed by atoms with Gasteiger partial charge in [0.15, 0.2) is 11.6 Å². The Balaban J connectivity index is 2.22. The summed E-state index contributed by atoms with van der Waals surface area (Å²) in [6.07, 6.45) is 1.61. The molecule has 0 bridgehead atoms. The Hall–Kier alpha value is -2.23. The van der Waals surface area contributed by atoms with Crippen molar-refractivity contribution in [2.45, 2.75) is 0 Å². The van der Waals surface area contributed by atoms with Gasteiger partial charge in [-0.2, -0.15) is 0 Å². The third-order valence-corrected chi connectivity index (χ3v) is 1.96. The molecule has 0 radical (unpaired) electrons. The van der Waals surface area contributed by atoms with Crippen LogP contribution in [0.5, 0.6) is 5.75 Å². The summed E-state index contributed by atoms with van der Waals surface area (Å²) in [5, 5.41) is 12.5. The fourth-order valence-electron chi connectivity index (χ4n) is 1.20. The Morgan fingerprint density at radius 2 is 1.87 bits per heavy atom. The van der Waals surface area contributed by atoms with Crippen molar-refractivity contribution in [1.29, 1.82) is 0 Å². The first kappa shape index (κ1) is 9.33. The zero-order valence-electron chi connectivity index (χ0n) is 8.01. The van der Waals surface area contributed by atoms with E-state index < -0.39 is 0 Å². The van der Waals surface area contributed by atoms with Crippen molar-refractivity contribution < 1.29 is 5.11 Å². The van der Waals surface area contributed by atoms with E-state index in [0.29, 0.717) is 11.5 Å². The smallest absolute Gasteiger partial charge is 0.172 e. The van der Waals surface area contributed by atoms with Crippen LogP contribution >= 0.6 is 0 Å². The van der Waals surface area contributed by atoms with Gasteiger partial charge in [-0.25, -0.2) is 4.98 Å². The quantitative estimate of drug-likeness (QED) is 0.651. The van der Waals surface area contributed by atoms with Gasteiger partial charge in [-0.05, 0) is 36.4 Å². The van der Waals surface area contributed by atoms with E-state index in [1.165, 1.54) is 0 Å². The molecule has 0 aliphatic carbocycles. The minimum absolute atomic E-state index is 0.120. The SMILES string of the molecule is Nc1ccc(Nc2ncccc2O)cc1. The van der Waals surface area contributed by atoms with Crippen molar-refractivity contribution in [3.8, 4) is 5.75 Å². The van der Waals surface area contributed by atoms with Crippen molar-refractivity contribution in [3.63, 3.8) is 0 Å². The Morgan fingerprint density at radius 1 is 1.13 bits per heavy atom. The predicted molar refractivity (Wildman–Crippen MR) is 60.0 cm³/mol. The number of pyridine rings is 1. The lowest BCUT2D eigenvalue weighted by atomic mass is 10.3. The molecular formula is C11H11N3O. The molecule has 0 amide bonds. The summed E-state index contributed by atoms with van der Waals surface area (Å²) in [5.74, 6) is 0.552. The van der Waals surface area contributed by atoms with Crippen molar-refractivity contribution in [3.05, 3.63) is 42.6 Å². The molecule has 1 heterocycles. The molecule has 0 saturated heterocycles. The molecule has 4 N–H and O–H groups in total. The monoisotopic (exact) mass is 201 g/mol. The molecule has 0 atom stereocenters. The molecule has 2 rings (SSSR count). The zero-order chi connectivity index (χ0) is 10.7. The molecule has 76 valence electrons. The van der Waals surface area contributed by atoms with Crippen LogP contribution in [0, 0.1) is 0 Å². The maximum atomic E-state index is 9.48. The van der Waals surface area contributed by atoms with Crippen molar-refractivity contribution >= 4 is 17.2 Å². The van der Waals surface area contributed by atoms with Gasteiger partial charge in [-0.15, -0.1) is 0 Å². The van der Waals surface area contributed by atoms with Crippen LogP contribution < -0.4 is 11.1 Å². The predicted octanol–water partition coefficient (Wildman–Crippen LogP) is 2.11. The Labute approximate surface area is 87.4 Å². The van der Waals surface area contributed by atoms with Crippen LogP contribution in [-0.2, 0) is 0 Å². The van der Waals surface area contributed by atoms with E-state index in [9.17, 15) is 5.11 Å². The summed E-state index contributed by atoms with van der Waals surface area (Å²) in [7, 11) is 0. The summed E-state index contributed by atoms with van der Waals surface area (Å²) in [6, 6.07) is 10.5. The number of aromatic nitrogens is 1. The van der Waals surface area contributed by atoms with Gasteiger partial charge >= 0.3 is 0 Å². The molecule has 1 aromatic carbocycles. The van der Waals surface area contributed by atoms with Crippen molar-refractivity contribution in [1.82, 2.24) is 4.98 Å². The van der Waals surface area contributed by atoms with Gasteiger partial charge in [0.1, 0.15) is 0 Å². The summed E-state index contributed by atoms with van der Waals surface area (Å²) >= 11 is 0. The fraction of sp³-hybridized carbons (Fsp3) is 0. The van der Waals surface area contributed by atoms with Crippen LogP contribution in [0.3, 0.4) is 0 Å². The average Bonchev–Trinajstić information content (AvgIpc) is 2.25. The van der Waals surface area contributed by atoms with Gasteiger partial charge < -0.3 is 16.2 Å². The first-order chi connectivity index (χ1) is 7.25. The maximum Gasteiger partial charge on any atom is 0.172 e. The van der Waals surface area contributed by atoms with Crippen LogP contribution in [0.25, 0.3) is 0 Å². The minimum atomic E-state index is 0.120. The van der Waals surface area contributed by atoms with Crippen molar-refractivity contribution in [2.75, 3.05) is 11.1 Å². The van der Waals surface area contributed by atoms with Crippen LogP contribution in [0.2, 0.25) is 0 Å². The molecule has 0 unspecified atom stereocenters. The molecule has 4 nitrogen and oxygen atoms in total. The number of nitrogens with zero attached hydrogens (tertiary/aromatic N) is 1. The number of anilines is 3. The second-order valence-corrected chi connectivity index (χ2v) is 3.12. The number of rotatable bonds is 2. The summed E-state index contributed by atoms with van der Waals surface area (Å²) in [4.78, 5) is 4.00. The van der Waals surface area contributed by atoms with Crippen LogP contribution in [0.4, 0.5) is 17.2 Å². The van der Waals surface area contributed by atoms with E-state index in [4.69, 9.17) is 5.73 Å². The second-order valence-electron chi connectivity index (χ2n) is 3.12. The molecule has 0 fully saturated rings. The zero-order valence-corrected chi connectivity index (χ0v) is 8.01. The summed E-state index contributed by atoms with van der Waals surface area (Å²) in [6.45, 7) is 0. The van der Waals surface area contributed by atoms with Crippen LogP contribution in [-0.4, -0.2) is 10.1 Å². The highest BCUT2D eigenvalue weighted by atomic mass is 16.3. The highest BCUT2D eigenvalue weighted by Crippen LogP contribution is 2.23. The summed E-state index contributed by atoms with van der Waals surface area (Å²) in [5.41, 5.74) is 7.09. The highest BCUT2D eigenvalue weighted by molar-refractivity contribution is 5.63. The van der Waals surface area contributed by atoms with Gasteiger partial charge in [0.25, 0.3) is 0 Å². The molecule has 4 heteroatoms. The standard InChI is InChI=1S/C11H11N3O/c12-8-3-5-9(6-4-8)14-11-10(15)2-1-7-13-11/h1-7,15H,12H2,(H,13,14). The van der Waals surface area contributed by atoms with E-state index >= 15 is 0 Å². The Kier molecular flexibility index (Phi) is 2.41. The molecule has 1 aromatic heterocycles. The number of nitrogens with two attached hydrogens (primary N) is 1. The van der Waals surface area contributed by atoms with E-state index in [-0.39, 0.29) is 5.75 Å². The first-order valence-electron chi connectivity index (χ1n) is 4.52. The number of aromatic hydroxyl groups is 1. The lowest BCUT2D eigenvalue weighted by Crippen LogP contribution is -1.93. The summed E-state index contributed by atoms with van der Waals surface area (Å²) < 4.78 is 0. The molecule has 0 aliphatic rings. The molecular weight excluding hydrogens is 190 g/mol. The van der Waals surface area contributed by atoms with Gasteiger partial charge in [0, 0.05) is 17.6 Å². The molecule has 0 spiro atoms. The van der Waals surface area contributed by atoms with E-state index in [1.807, 2.05) is 12.1 Å². The topological polar surface area (TPSA) is 71.2 Å². The van der Waals surface area contributed by atoms with Crippen molar-refractivity contribution in [2.24, 2.45) is 0 Å². The highest BCUT2D eigenvalue weighted by Gasteiger charge is 2.00. The van der Waals surface area contributed by atoms with Crippen LogP contribution in [0.15, 0.2) is 42.6 Å². The Bertz CT molecular complexity index is 454. The normalized spacial score (nSPS) is 9.87. The number of hydrogen-bond donors (Lipinski definition) is 3. The molecule has 0 saturated carbocycles. The third-order valence-electron chi connectivity index (χ3n) is 1.96. The molecule has 2 aromatic rings. The minimum Gasteiger partial charge on any atom is -0.504 e. The van der Waals surface area contributed by atoms with Gasteiger partial charge in [-0.3, -0.25) is 0 Å². The second kappa shape index (κ2) is 3.88. The van der Waals surface area contributed by atoms with Gasteiger partial charge in [-0.1, -0.05) is 0 Å². The lowest BCUT2D eigenvalue weighted by molar-refractivity contribution is 0.475. The third kappa shape index (κ3) is 2.17. The number of nitrogen functional groups attached to an aromatic ring is 1. The van der Waals surface area contributed by atoms with E-state index in [1.54, 1.807) is 30.5 Å². The number of hydrogen-bond acceptors (Lipinski definition) is 4. The molecule has 15 heavy (non-hydrogen) atoms. The van der Waals surface area contributed by atoms with E-state index in [0.717, 1.165) is 5.69 Å². The fourth-order valence-corrected chi connectivity index (χ4v) is 1.20. The lowest BCUT2D eigenvalue weighted by Gasteiger charge is -2.06. The van der Waals surface area contributed by atoms with Gasteiger partial charge in [0.2, 0.25) is 0 Å².